The van der Waals surface area contributed by atoms with Gasteiger partial charge in [0.15, 0.2) is 0 Å². The molecule has 1 rings (SSSR count). The van der Waals surface area contributed by atoms with Crippen LogP contribution in [0.5, 0.6) is 0 Å². The lowest BCUT2D eigenvalue weighted by Gasteiger charge is -2.25. The van der Waals surface area contributed by atoms with Crippen LogP contribution in [0.25, 0.3) is 0 Å². The minimum atomic E-state index is -0.661. The van der Waals surface area contributed by atoms with Crippen molar-refractivity contribution in [2.24, 2.45) is 11.5 Å². The molecular formula is C15H26N2. The number of benzene rings is 1. The van der Waals surface area contributed by atoms with Crippen LogP contribution in [0, 0.1) is 0 Å². The van der Waals surface area contributed by atoms with Gasteiger partial charge in [-0.1, -0.05) is 69.4 Å². The second kappa shape index (κ2) is 7.46. The number of hydrogen-bond donors (Lipinski definition) is 2. The van der Waals surface area contributed by atoms with Gasteiger partial charge in [-0.25, -0.2) is 0 Å². The van der Waals surface area contributed by atoms with E-state index in [0.717, 1.165) is 18.4 Å². The van der Waals surface area contributed by atoms with Crippen molar-refractivity contribution in [2.75, 3.05) is 0 Å². The van der Waals surface area contributed by atoms with E-state index in [4.69, 9.17) is 11.5 Å². The van der Waals surface area contributed by atoms with Crippen molar-refractivity contribution < 1.29 is 0 Å². The summed E-state index contributed by atoms with van der Waals surface area (Å²) >= 11 is 0. The third-order valence-corrected chi connectivity index (χ3v) is 3.26. The molecule has 0 atom stereocenters. The molecule has 96 valence electrons. The van der Waals surface area contributed by atoms with E-state index in [1.807, 2.05) is 30.3 Å². The summed E-state index contributed by atoms with van der Waals surface area (Å²) in [6, 6.07) is 9.99. The zero-order chi connectivity index (χ0) is 12.6. The van der Waals surface area contributed by atoms with Gasteiger partial charge in [0, 0.05) is 0 Å². The van der Waals surface area contributed by atoms with Crippen LogP contribution in [-0.2, 0) is 5.66 Å². The monoisotopic (exact) mass is 234 g/mol. The van der Waals surface area contributed by atoms with Crippen LogP contribution < -0.4 is 11.5 Å². The highest BCUT2D eigenvalue weighted by Crippen LogP contribution is 2.19. The topological polar surface area (TPSA) is 52.0 Å². The Balaban J connectivity index is 2.26. The van der Waals surface area contributed by atoms with Crippen molar-refractivity contribution >= 4 is 0 Å². The zero-order valence-electron chi connectivity index (χ0n) is 11.0. The first kappa shape index (κ1) is 14.2. The summed E-state index contributed by atoms with van der Waals surface area (Å²) in [5.74, 6) is 0. The Kier molecular flexibility index (Phi) is 6.23. The molecule has 0 aliphatic carbocycles. The first-order valence-corrected chi connectivity index (χ1v) is 6.80. The van der Waals surface area contributed by atoms with Crippen LogP contribution >= 0.6 is 0 Å². The molecule has 0 fully saturated rings. The molecule has 0 unspecified atom stereocenters. The summed E-state index contributed by atoms with van der Waals surface area (Å²) in [7, 11) is 0. The van der Waals surface area contributed by atoms with Crippen LogP contribution in [0.2, 0.25) is 0 Å². The fourth-order valence-electron chi connectivity index (χ4n) is 2.09. The van der Waals surface area contributed by atoms with E-state index >= 15 is 0 Å². The predicted octanol–water partition coefficient (Wildman–Crippen LogP) is 3.51. The standard InChI is InChI=1S/C15H26N2/c1-2-3-4-5-6-10-13-15(16,17)14-11-8-7-9-12-14/h7-9,11-12H,2-6,10,13,16-17H2,1H3. The lowest BCUT2D eigenvalue weighted by atomic mass is 9.94. The molecule has 0 amide bonds. The first-order chi connectivity index (χ1) is 8.17. The van der Waals surface area contributed by atoms with Gasteiger partial charge in [-0.3, -0.25) is 0 Å². The number of unbranched alkanes of at least 4 members (excludes halogenated alkanes) is 5. The summed E-state index contributed by atoms with van der Waals surface area (Å²) < 4.78 is 0. The summed E-state index contributed by atoms with van der Waals surface area (Å²) in [4.78, 5) is 0. The Labute approximate surface area is 105 Å². The van der Waals surface area contributed by atoms with Gasteiger partial charge < -0.3 is 11.5 Å². The van der Waals surface area contributed by atoms with Gasteiger partial charge in [0.1, 0.15) is 0 Å². The van der Waals surface area contributed by atoms with Crippen molar-refractivity contribution in [1.29, 1.82) is 0 Å². The summed E-state index contributed by atoms with van der Waals surface area (Å²) in [6.45, 7) is 2.24. The van der Waals surface area contributed by atoms with Gasteiger partial charge in [0.05, 0.1) is 5.66 Å². The van der Waals surface area contributed by atoms with Gasteiger partial charge >= 0.3 is 0 Å². The summed E-state index contributed by atoms with van der Waals surface area (Å²) in [5.41, 5.74) is 12.7. The van der Waals surface area contributed by atoms with Crippen LogP contribution in [0.3, 0.4) is 0 Å². The maximum Gasteiger partial charge on any atom is 0.0899 e. The van der Waals surface area contributed by atoms with E-state index in [0.29, 0.717) is 0 Å². The lowest BCUT2D eigenvalue weighted by Crippen LogP contribution is -2.45. The highest BCUT2D eigenvalue weighted by Gasteiger charge is 2.20. The average Bonchev–Trinajstić information content (AvgIpc) is 2.35. The van der Waals surface area contributed by atoms with Gasteiger partial charge in [-0.05, 0) is 18.4 Å². The second-order valence-corrected chi connectivity index (χ2v) is 4.92. The molecule has 1 aromatic carbocycles. The van der Waals surface area contributed by atoms with Crippen molar-refractivity contribution in [1.82, 2.24) is 0 Å². The van der Waals surface area contributed by atoms with E-state index in [-0.39, 0.29) is 0 Å². The van der Waals surface area contributed by atoms with Crippen molar-refractivity contribution in [3.8, 4) is 0 Å². The highest BCUT2D eigenvalue weighted by molar-refractivity contribution is 5.22. The smallest absolute Gasteiger partial charge is 0.0899 e. The third kappa shape index (κ3) is 5.33. The quantitative estimate of drug-likeness (QED) is 0.534. The second-order valence-electron chi connectivity index (χ2n) is 4.92. The Morgan fingerprint density at radius 3 is 2.12 bits per heavy atom. The molecular weight excluding hydrogens is 208 g/mol. The fraction of sp³-hybridized carbons (Fsp3) is 0.600. The molecule has 0 saturated heterocycles. The van der Waals surface area contributed by atoms with Crippen LogP contribution in [0.4, 0.5) is 0 Å². The lowest BCUT2D eigenvalue weighted by molar-refractivity contribution is 0.399. The van der Waals surface area contributed by atoms with E-state index < -0.39 is 5.66 Å². The van der Waals surface area contributed by atoms with Crippen LogP contribution in [0.1, 0.15) is 57.4 Å². The molecule has 0 radical (unpaired) electrons. The molecule has 2 nitrogen and oxygen atoms in total. The highest BCUT2D eigenvalue weighted by atomic mass is 14.9. The van der Waals surface area contributed by atoms with Gasteiger partial charge in [0.2, 0.25) is 0 Å². The zero-order valence-corrected chi connectivity index (χ0v) is 11.0. The third-order valence-electron chi connectivity index (χ3n) is 3.26. The maximum atomic E-state index is 6.16. The largest absolute Gasteiger partial charge is 0.310 e. The minimum absolute atomic E-state index is 0.661. The van der Waals surface area contributed by atoms with Crippen LogP contribution in [0.15, 0.2) is 30.3 Å². The molecule has 0 saturated carbocycles. The van der Waals surface area contributed by atoms with E-state index in [1.54, 1.807) is 0 Å². The predicted molar refractivity (Wildman–Crippen MR) is 74.5 cm³/mol. The Hall–Kier alpha value is -0.860. The molecule has 0 aliphatic rings. The van der Waals surface area contributed by atoms with Crippen molar-refractivity contribution in [3.05, 3.63) is 35.9 Å². The Morgan fingerprint density at radius 1 is 0.882 bits per heavy atom. The molecule has 0 bridgehead atoms. The first-order valence-electron chi connectivity index (χ1n) is 6.80. The number of nitrogens with two attached hydrogens (primary N) is 2. The normalized spacial score (nSPS) is 11.7. The molecule has 0 aliphatic heterocycles. The number of rotatable bonds is 8. The molecule has 2 heteroatoms. The minimum Gasteiger partial charge on any atom is -0.310 e. The molecule has 0 spiro atoms. The fourth-order valence-corrected chi connectivity index (χ4v) is 2.09. The van der Waals surface area contributed by atoms with Gasteiger partial charge in [-0.2, -0.15) is 0 Å². The van der Waals surface area contributed by atoms with Crippen molar-refractivity contribution in [2.45, 2.75) is 57.5 Å². The Bertz CT molecular complexity index is 293. The van der Waals surface area contributed by atoms with E-state index in [9.17, 15) is 0 Å². The number of hydrogen-bond acceptors (Lipinski definition) is 2. The van der Waals surface area contributed by atoms with E-state index in [1.165, 1.54) is 32.1 Å². The van der Waals surface area contributed by atoms with Gasteiger partial charge in [-0.15, -0.1) is 0 Å². The summed E-state index contributed by atoms with van der Waals surface area (Å²) in [6.07, 6.45) is 8.50. The molecule has 0 aromatic heterocycles. The van der Waals surface area contributed by atoms with Gasteiger partial charge in [0.25, 0.3) is 0 Å². The van der Waals surface area contributed by atoms with E-state index in [2.05, 4.69) is 6.92 Å². The molecule has 0 heterocycles. The molecule has 4 N–H and O–H groups in total. The maximum absolute atomic E-state index is 6.16. The SMILES string of the molecule is CCCCCCCCC(N)(N)c1ccccc1. The molecule has 1 aromatic rings. The summed E-state index contributed by atoms with van der Waals surface area (Å²) in [5, 5.41) is 0. The van der Waals surface area contributed by atoms with Crippen molar-refractivity contribution in [3.63, 3.8) is 0 Å². The molecule has 17 heavy (non-hydrogen) atoms. The van der Waals surface area contributed by atoms with Crippen LogP contribution in [-0.4, -0.2) is 0 Å². The average molecular weight is 234 g/mol. The Morgan fingerprint density at radius 2 is 1.47 bits per heavy atom.